The van der Waals surface area contributed by atoms with Crippen molar-refractivity contribution in [1.29, 1.82) is 0 Å². The summed E-state index contributed by atoms with van der Waals surface area (Å²) in [6.45, 7) is 0. The summed E-state index contributed by atoms with van der Waals surface area (Å²) < 4.78 is 5.41. The van der Waals surface area contributed by atoms with Gasteiger partial charge in [0.2, 0.25) is 0 Å². The molecule has 0 spiro atoms. The second-order valence-electron chi connectivity index (χ2n) is 5.10. The zero-order chi connectivity index (χ0) is 14.1. The lowest BCUT2D eigenvalue weighted by molar-refractivity contribution is 0.400. The van der Waals surface area contributed by atoms with Gasteiger partial charge < -0.3 is 10.5 Å². The van der Waals surface area contributed by atoms with Gasteiger partial charge in [-0.2, -0.15) is 0 Å². The van der Waals surface area contributed by atoms with Crippen LogP contribution < -0.4 is 10.5 Å². The quantitative estimate of drug-likeness (QED) is 0.941. The van der Waals surface area contributed by atoms with Gasteiger partial charge in [-0.25, -0.2) is 0 Å². The van der Waals surface area contributed by atoms with Gasteiger partial charge in [0.25, 0.3) is 0 Å². The van der Waals surface area contributed by atoms with E-state index in [-0.39, 0.29) is 12.0 Å². The van der Waals surface area contributed by atoms with Crippen LogP contribution in [0.3, 0.4) is 0 Å². The highest BCUT2D eigenvalue weighted by Crippen LogP contribution is 2.41. The molecule has 0 radical (unpaired) electrons. The molecular weight excluding hydrogens is 272 g/mol. The van der Waals surface area contributed by atoms with Gasteiger partial charge in [-0.15, -0.1) is 0 Å². The molecule has 0 amide bonds. The summed E-state index contributed by atoms with van der Waals surface area (Å²) in [5, 5.41) is 0.655. The number of fused-ring (bicyclic) bond motifs is 1. The Balaban J connectivity index is 1.96. The smallest absolute Gasteiger partial charge is 0.125 e. The van der Waals surface area contributed by atoms with Crippen molar-refractivity contribution in [3.8, 4) is 5.75 Å². The van der Waals surface area contributed by atoms with E-state index in [4.69, 9.17) is 22.1 Å². The highest BCUT2D eigenvalue weighted by molar-refractivity contribution is 6.30. The topological polar surface area (TPSA) is 48.1 Å². The third kappa shape index (κ3) is 2.28. The van der Waals surface area contributed by atoms with Crippen molar-refractivity contribution in [2.75, 3.05) is 7.11 Å². The van der Waals surface area contributed by atoms with Crippen LogP contribution in [0.5, 0.6) is 5.75 Å². The van der Waals surface area contributed by atoms with Gasteiger partial charge in [0.15, 0.2) is 0 Å². The molecule has 0 saturated carbocycles. The molecule has 1 aliphatic carbocycles. The molecule has 2 N–H and O–H groups in total. The summed E-state index contributed by atoms with van der Waals surface area (Å²) in [5.41, 5.74) is 9.89. The first-order valence-electron chi connectivity index (χ1n) is 6.73. The molecule has 2 unspecified atom stereocenters. The number of nitrogens with two attached hydrogens (primary N) is 1. The summed E-state index contributed by atoms with van der Waals surface area (Å²) in [7, 11) is 1.64. The molecule has 1 aromatic carbocycles. The molecular formula is C16H17ClN2O. The lowest BCUT2D eigenvalue weighted by atomic mass is 9.91. The molecule has 1 heterocycles. The fourth-order valence-corrected chi connectivity index (χ4v) is 3.13. The number of rotatable bonds is 3. The van der Waals surface area contributed by atoms with E-state index < -0.39 is 0 Å². The van der Waals surface area contributed by atoms with Crippen molar-refractivity contribution in [2.24, 2.45) is 5.73 Å². The average molecular weight is 289 g/mol. The van der Waals surface area contributed by atoms with Crippen molar-refractivity contribution in [3.63, 3.8) is 0 Å². The maximum atomic E-state index is 6.48. The Morgan fingerprint density at radius 2 is 2.25 bits per heavy atom. The van der Waals surface area contributed by atoms with Gasteiger partial charge in [-0.1, -0.05) is 23.7 Å². The molecule has 3 rings (SSSR count). The zero-order valence-electron chi connectivity index (χ0n) is 11.3. The van der Waals surface area contributed by atoms with Crippen molar-refractivity contribution in [1.82, 2.24) is 4.98 Å². The van der Waals surface area contributed by atoms with E-state index in [2.05, 4.69) is 11.1 Å². The molecule has 0 bridgehead atoms. The Morgan fingerprint density at radius 3 is 3.05 bits per heavy atom. The molecule has 104 valence electrons. The predicted octanol–water partition coefficient (Wildman–Crippen LogP) is 3.47. The normalized spacial score (nSPS) is 18.6. The van der Waals surface area contributed by atoms with Crippen LogP contribution in [0.4, 0.5) is 0 Å². The minimum atomic E-state index is -0.127. The minimum absolute atomic E-state index is 0.127. The van der Waals surface area contributed by atoms with E-state index in [9.17, 15) is 0 Å². The van der Waals surface area contributed by atoms with Gasteiger partial charge in [0.05, 0.1) is 7.11 Å². The summed E-state index contributed by atoms with van der Waals surface area (Å²) in [6.07, 6.45) is 3.90. The van der Waals surface area contributed by atoms with E-state index in [0.29, 0.717) is 5.02 Å². The molecule has 0 fully saturated rings. The minimum Gasteiger partial charge on any atom is -0.496 e. The van der Waals surface area contributed by atoms with E-state index >= 15 is 0 Å². The molecule has 2 atom stereocenters. The fourth-order valence-electron chi connectivity index (χ4n) is 2.97. The Hall–Kier alpha value is -1.58. The van der Waals surface area contributed by atoms with E-state index in [1.54, 1.807) is 7.11 Å². The van der Waals surface area contributed by atoms with Crippen LogP contribution in [0.2, 0.25) is 5.02 Å². The number of hydrogen-bond donors (Lipinski definition) is 1. The molecule has 4 heteroatoms. The number of aryl methyl sites for hydroxylation is 1. The second-order valence-corrected chi connectivity index (χ2v) is 5.54. The highest BCUT2D eigenvalue weighted by Gasteiger charge is 2.31. The molecule has 1 aromatic heterocycles. The largest absolute Gasteiger partial charge is 0.496 e. The third-order valence-corrected chi connectivity index (χ3v) is 4.23. The maximum Gasteiger partial charge on any atom is 0.125 e. The first-order chi connectivity index (χ1) is 9.70. The van der Waals surface area contributed by atoms with Crippen LogP contribution >= 0.6 is 11.6 Å². The number of methoxy groups -OCH3 is 1. The van der Waals surface area contributed by atoms with Crippen LogP contribution in [0.15, 0.2) is 36.5 Å². The van der Waals surface area contributed by atoms with E-state index in [1.807, 2.05) is 30.5 Å². The highest BCUT2D eigenvalue weighted by atomic mass is 35.5. The van der Waals surface area contributed by atoms with Crippen LogP contribution in [0.25, 0.3) is 0 Å². The van der Waals surface area contributed by atoms with Crippen LogP contribution in [0, 0.1) is 0 Å². The number of hydrogen-bond acceptors (Lipinski definition) is 3. The second kappa shape index (κ2) is 5.43. The Labute approximate surface area is 123 Å². The average Bonchev–Trinajstić information content (AvgIpc) is 2.90. The molecule has 0 saturated heterocycles. The fraction of sp³-hybridized carbons (Fsp3) is 0.312. The monoisotopic (exact) mass is 288 g/mol. The summed E-state index contributed by atoms with van der Waals surface area (Å²) in [4.78, 5) is 4.51. The number of halogens is 1. The molecule has 0 aliphatic heterocycles. The third-order valence-electron chi connectivity index (χ3n) is 3.99. The molecule has 20 heavy (non-hydrogen) atoms. The number of nitrogens with zero attached hydrogens (tertiary/aromatic N) is 1. The predicted molar refractivity (Wildman–Crippen MR) is 80.2 cm³/mol. The van der Waals surface area contributed by atoms with Crippen molar-refractivity contribution in [3.05, 3.63) is 58.4 Å². The van der Waals surface area contributed by atoms with Gasteiger partial charge in [-0.3, -0.25) is 4.98 Å². The Bertz CT molecular complexity index is 630. The Kier molecular flexibility index (Phi) is 3.64. The zero-order valence-corrected chi connectivity index (χ0v) is 12.1. The number of benzene rings is 1. The standard InChI is InChI=1S/C16H17ClN2O/c1-20-14-9-11(17)5-7-12(14)15(18)13-6-4-10-3-2-8-19-16(10)13/h2-3,5,7-9,13,15H,4,6,18H2,1H3. The molecule has 1 aliphatic rings. The van der Waals surface area contributed by atoms with Crippen LogP contribution in [-0.4, -0.2) is 12.1 Å². The van der Waals surface area contributed by atoms with E-state index in [0.717, 1.165) is 29.8 Å². The number of ether oxygens (including phenoxy) is 1. The van der Waals surface area contributed by atoms with Crippen molar-refractivity contribution in [2.45, 2.75) is 24.8 Å². The molecule has 3 nitrogen and oxygen atoms in total. The van der Waals surface area contributed by atoms with Gasteiger partial charge in [0.1, 0.15) is 5.75 Å². The summed E-state index contributed by atoms with van der Waals surface area (Å²) in [5.74, 6) is 0.982. The number of pyridine rings is 1. The lowest BCUT2D eigenvalue weighted by Gasteiger charge is -2.22. The SMILES string of the molecule is COc1cc(Cl)ccc1C(N)C1CCc2cccnc21. The number of aromatic nitrogens is 1. The summed E-state index contributed by atoms with van der Waals surface area (Å²) in [6, 6.07) is 9.60. The Morgan fingerprint density at radius 1 is 1.40 bits per heavy atom. The van der Waals surface area contributed by atoms with Gasteiger partial charge in [-0.05, 0) is 36.6 Å². The first-order valence-corrected chi connectivity index (χ1v) is 7.11. The lowest BCUT2D eigenvalue weighted by Crippen LogP contribution is -2.19. The van der Waals surface area contributed by atoms with Gasteiger partial charge in [0, 0.05) is 34.4 Å². The van der Waals surface area contributed by atoms with Crippen molar-refractivity contribution >= 4 is 11.6 Å². The molecule has 2 aromatic rings. The van der Waals surface area contributed by atoms with Gasteiger partial charge >= 0.3 is 0 Å². The maximum absolute atomic E-state index is 6.48. The first kappa shape index (κ1) is 13.4. The van der Waals surface area contributed by atoms with Crippen LogP contribution in [-0.2, 0) is 6.42 Å². The van der Waals surface area contributed by atoms with Crippen LogP contribution in [0.1, 0.15) is 35.2 Å². The van der Waals surface area contributed by atoms with E-state index in [1.165, 1.54) is 5.56 Å². The summed E-state index contributed by atoms with van der Waals surface area (Å²) >= 11 is 6.01. The van der Waals surface area contributed by atoms with Crippen molar-refractivity contribution < 1.29 is 4.74 Å².